The van der Waals surface area contributed by atoms with Crippen molar-refractivity contribution >= 4 is 29.1 Å². The van der Waals surface area contributed by atoms with Crippen LogP contribution in [0.1, 0.15) is 40.6 Å². The summed E-state index contributed by atoms with van der Waals surface area (Å²) in [4.78, 5) is 44.7. The zero-order chi connectivity index (χ0) is 18.1. The number of carbonyl (C=O) groups is 3. The molecule has 1 aromatic heterocycles. The summed E-state index contributed by atoms with van der Waals surface area (Å²) < 4.78 is 0. The molecule has 0 spiro atoms. The van der Waals surface area contributed by atoms with Crippen LogP contribution < -0.4 is 5.73 Å². The molecule has 0 aromatic carbocycles. The first-order chi connectivity index (χ1) is 11.1. The smallest absolute Gasteiger partial charge is 0.265 e. The molecule has 0 unspecified atom stereocenters. The first kappa shape index (κ1) is 18.4. The van der Waals surface area contributed by atoms with Gasteiger partial charge in [-0.2, -0.15) is 0 Å². The van der Waals surface area contributed by atoms with E-state index >= 15 is 0 Å². The molecule has 1 aliphatic heterocycles. The summed E-state index contributed by atoms with van der Waals surface area (Å²) in [5.41, 5.74) is 5.22. The van der Waals surface area contributed by atoms with E-state index in [9.17, 15) is 14.4 Å². The molecule has 1 aliphatic rings. The van der Waals surface area contributed by atoms with Crippen molar-refractivity contribution in [3.05, 3.63) is 15.6 Å². The Morgan fingerprint density at radius 3 is 2.12 bits per heavy atom. The summed E-state index contributed by atoms with van der Waals surface area (Å²) in [6, 6.07) is 0. The van der Waals surface area contributed by atoms with Gasteiger partial charge in [-0.05, 0) is 13.8 Å². The summed E-state index contributed by atoms with van der Waals surface area (Å²) >= 11 is 1.40. The van der Waals surface area contributed by atoms with Crippen molar-refractivity contribution in [3.8, 4) is 0 Å². The van der Waals surface area contributed by atoms with Crippen LogP contribution in [0.3, 0.4) is 0 Å². The summed E-state index contributed by atoms with van der Waals surface area (Å²) in [5, 5.41) is 0.873. The van der Waals surface area contributed by atoms with Gasteiger partial charge in [0.1, 0.15) is 4.88 Å². The minimum absolute atomic E-state index is 0.0253. The largest absolute Gasteiger partial charge is 0.369 e. The van der Waals surface area contributed by atoms with Crippen LogP contribution in [0.5, 0.6) is 0 Å². The minimum atomic E-state index is -0.860. The number of aryl methyl sites for hydroxylation is 2. The van der Waals surface area contributed by atoms with Gasteiger partial charge in [0.15, 0.2) is 0 Å². The van der Waals surface area contributed by atoms with E-state index in [4.69, 9.17) is 5.73 Å². The predicted octanol–water partition coefficient (Wildman–Crippen LogP) is 0.946. The average molecular weight is 352 g/mol. The van der Waals surface area contributed by atoms with Crippen molar-refractivity contribution in [3.63, 3.8) is 0 Å². The summed E-state index contributed by atoms with van der Waals surface area (Å²) in [6.45, 7) is 8.96. The van der Waals surface area contributed by atoms with E-state index in [2.05, 4.69) is 4.98 Å². The first-order valence-electron chi connectivity index (χ1n) is 7.93. The molecular formula is C16H24N4O3S. The Balaban J connectivity index is 1.94. The van der Waals surface area contributed by atoms with E-state index in [-0.39, 0.29) is 18.2 Å². The van der Waals surface area contributed by atoms with E-state index in [1.165, 1.54) is 11.3 Å². The zero-order valence-corrected chi connectivity index (χ0v) is 15.4. The van der Waals surface area contributed by atoms with Crippen LogP contribution in [0.4, 0.5) is 0 Å². The number of aromatic nitrogens is 1. The van der Waals surface area contributed by atoms with Gasteiger partial charge < -0.3 is 15.5 Å². The van der Waals surface area contributed by atoms with Gasteiger partial charge in [0.05, 0.1) is 16.1 Å². The molecule has 2 heterocycles. The van der Waals surface area contributed by atoms with Crippen LogP contribution >= 0.6 is 11.3 Å². The summed E-state index contributed by atoms with van der Waals surface area (Å²) in [6.07, 6.45) is 0.0867. The van der Waals surface area contributed by atoms with E-state index in [0.717, 1.165) is 10.7 Å². The lowest BCUT2D eigenvalue weighted by atomic mass is 9.88. The van der Waals surface area contributed by atoms with E-state index in [1.54, 1.807) is 23.6 Å². The van der Waals surface area contributed by atoms with Gasteiger partial charge in [0.25, 0.3) is 5.91 Å². The molecule has 1 fully saturated rings. The number of nitrogens with two attached hydrogens (primary N) is 1. The van der Waals surface area contributed by atoms with Crippen LogP contribution in [0, 0.1) is 19.3 Å². The molecule has 8 heteroatoms. The molecule has 0 aliphatic carbocycles. The second-order valence-electron chi connectivity index (χ2n) is 6.75. The molecule has 24 heavy (non-hydrogen) atoms. The van der Waals surface area contributed by atoms with E-state index in [0.29, 0.717) is 31.1 Å². The zero-order valence-electron chi connectivity index (χ0n) is 14.6. The number of piperazine rings is 1. The second kappa shape index (κ2) is 6.88. The topological polar surface area (TPSA) is 96.6 Å². The molecule has 0 atom stereocenters. The SMILES string of the molecule is Cc1nc(C)c(C(=O)N2CCN(C(=O)CC(C)(C)C(N)=O)CC2)s1. The van der Waals surface area contributed by atoms with Gasteiger partial charge in [-0.15, -0.1) is 11.3 Å². The van der Waals surface area contributed by atoms with Crippen LogP contribution in [-0.4, -0.2) is 58.7 Å². The summed E-state index contributed by atoms with van der Waals surface area (Å²) in [5.74, 6) is -0.612. The maximum Gasteiger partial charge on any atom is 0.265 e. The van der Waals surface area contributed by atoms with Crippen LogP contribution in [0.15, 0.2) is 0 Å². The third-order valence-electron chi connectivity index (χ3n) is 4.28. The molecule has 1 saturated heterocycles. The number of hydrogen-bond acceptors (Lipinski definition) is 5. The minimum Gasteiger partial charge on any atom is -0.369 e. The second-order valence-corrected chi connectivity index (χ2v) is 7.95. The fourth-order valence-electron chi connectivity index (χ4n) is 2.61. The number of hydrogen-bond donors (Lipinski definition) is 1. The van der Waals surface area contributed by atoms with Gasteiger partial charge in [-0.3, -0.25) is 14.4 Å². The Hall–Kier alpha value is -1.96. The van der Waals surface area contributed by atoms with E-state index < -0.39 is 11.3 Å². The molecule has 132 valence electrons. The summed E-state index contributed by atoms with van der Waals surface area (Å²) in [7, 11) is 0. The van der Waals surface area contributed by atoms with Crippen LogP contribution in [-0.2, 0) is 9.59 Å². The van der Waals surface area contributed by atoms with Crippen LogP contribution in [0.25, 0.3) is 0 Å². The van der Waals surface area contributed by atoms with Crippen molar-refractivity contribution in [1.29, 1.82) is 0 Å². The highest BCUT2D eigenvalue weighted by molar-refractivity contribution is 7.13. The highest BCUT2D eigenvalue weighted by Gasteiger charge is 2.32. The predicted molar refractivity (Wildman–Crippen MR) is 91.7 cm³/mol. The average Bonchev–Trinajstić information content (AvgIpc) is 2.84. The number of nitrogens with zero attached hydrogens (tertiary/aromatic N) is 3. The number of rotatable bonds is 4. The molecule has 0 radical (unpaired) electrons. The molecular weight excluding hydrogens is 328 g/mol. The maximum absolute atomic E-state index is 12.6. The fraction of sp³-hybridized carbons (Fsp3) is 0.625. The quantitative estimate of drug-likeness (QED) is 0.872. The molecule has 1 aromatic rings. The Morgan fingerprint density at radius 2 is 1.67 bits per heavy atom. The van der Waals surface area contributed by atoms with Gasteiger partial charge in [-0.1, -0.05) is 13.8 Å². The lowest BCUT2D eigenvalue weighted by Gasteiger charge is -2.35. The highest BCUT2D eigenvalue weighted by atomic mass is 32.1. The van der Waals surface area contributed by atoms with Crippen molar-refractivity contribution < 1.29 is 14.4 Å². The monoisotopic (exact) mass is 352 g/mol. The Morgan fingerprint density at radius 1 is 1.12 bits per heavy atom. The number of carbonyl (C=O) groups excluding carboxylic acids is 3. The van der Waals surface area contributed by atoms with Crippen molar-refractivity contribution in [2.45, 2.75) is 34.1 Å². The Bertz CT molecular complexity index is 660. The lowest BCUT2D eigenvalue weighted by Crippen LogP contribution is -2.51. The van der Waals surface area contributed by atoms with Crippen LogP contribution in [0.2, 0.25) is 0 Å². The number of thiazole rings is 1. The number of primary amides is 1. The fourth-order valence-corrected chi connectivity index (χ4v) is 3.50. The Labute approximate surface area is 145 Å². The third-order valence-corrected chi connectivity index (χ3v) is 5.34. The molecule has 2 N–H and O–H groups in total. The molecule has 0 bridgehead atoms. The van der Waals surface area contributed by atoms with Crippen molar-refractivity contribution in [2.24, 2.45) is 11.1 Å². The van der Waals surface area contributed by atoms with Gasteiger partial charge in [-0.25, -0.2) is 4.98 Å². The van der Waals surface area contributed by atoms with E-state index in [1.807, 2.05) is 13.8 Å². The van der Waals surface area contributed by atoms with Crippen molar-refractivity contribution in [1.82, 2.24) is 14.8 Å². The molecule has 7 nitrogen and oxygen atoms in total. The standard InChI is InChI=1S/C16H24N4O3S/c1-10-13(24-11(2)18-10)14(22)20-7-5-19(6-8-20)12(21)9-16(3,4)15(17)23/h5-9H2,1-4H3,(H2,17,23). The third kappa shape index (κ3) is 3.92. The molecule has 3 amide bonds. The maximum atomic E-state index is 12.6. The van der Waals surface area contributed by atoms with Crippen molar-refractivity contribution in [2.75, 3.05) is 26.2 Å². The number of amides is 3. The Kier molecular flexibility index (Phi) is 5.27. The molecule has 0 saturated carbocycles. The normalized spacial score (nSPS) is 15.5. The van der Waals surface area contributed by atoms with Gasteiger partial charge >= 0.3 is 0 Å². The lowest BCUT2D eigenvalue weighted by molar-refractivity contribution is -0.139. The van der Waals surface area contributed by atoms with Gasteiger partial charge in [0.2, 0.25) is 11.8 Å². The molecule has 2 rings (SSSR count). The first-order valence-corrected chi connectivity index (χ1v) is 8.74. The van der Waals surface area contributed by atoms with Gasteiger partial charge in [0, 0.05) is 32.6 Å². The highest BCUT2D eigenvalue weighted by Crippen LogP contribution is 2.23.